The second kappa shape index (κ2) is 4.28. The Hall–Kier alpha value is -2.03. The van der Waals surface area contributed by atoms with E-state index in [1.54, 1.807) is 6.07 Å². The molecule has 0 atom stereocenters. The van der Waals surface area contributed by atoms with E-state index in [-0.39, 0.29) is 12.3 Å². The maximum atomic E-state index is 11.0. The Balaban J connectivity index is 2.71. The van der Waals surface area contributed by atoms with Gasteiger partial charge in [-0.15, -0.1) is 0 Å². The van der Waals surface area contributed by atoms with Gasteiger partial charge in [0.05, 0.1) is 6.54 Å². The average molecular weight is 196 g/mol. The van der Waals surface area contributed by atoms with E-state index in [2.05, 4.69) is 9.47 Å². The number of amides is 1. The third-order valence-electron chi connectivity index (χ3n) is 1.50. The highest BCUT2D eigenvalue weighted by molar-refractivity contribution is 5.73. The summed E-state index contributed by atoms with van der Waals surface area (Å²) in [6.07, 6.45) is 0.333. The standard InChI is InChI=1S/C8H8N2O4/c1-6(11)14-5-7(4-9)10-2-3-13-8(10)12/h5H,2-3H2,1H3. The van der Waals surface area contributed by atoms with Crippen LogP contribution in [-0.4, -0.2) is 30.1 Å². The molecule has 1 saturated heterocycles. The highest BCUT2D eigenvalue weighted by Gasteiger charge is 2.25. The maximum absolute atomic E-state index is 11.0. The van der Waals surface area contributed by atoms with Crippen molar-refractivity contribution in [2.24, 2.45) is 0 Å². The van der Waals surface area contributed by atoms with Gasteiger partial charge < -0.3 is 9.47 Å². The molecular weight excluding hydrogens is 188 g/mol. The summed E-state index contributed by atoms with van der Waals surface area (Å²) in [5.41, 5.74) is -0.0392. The molecule has 1 amide bonds. The first-order valence-electron chi connectivity index (χ1n) is 3.87. The van der Waals surface area contributed by atoms with Crippen LogP contribution in [0.2, 0.25) is 0 Å². The minimum Gasteiger partial charge on any atom is -0.447 e. The van der Waals surface area contributed by atoms with E-state index in [4.69, 9.17) is 5.26 Å². The fourth-order valence-corrected chi connectivity index (χ4v) is 0.901. The monoisotopic (exact) mass is 196 g/mol. The van der Waals surface area contributed by atoms with Crippen LogP contribution in [0.5, 0.6) is 0 Å². The molecule has 1 heterocycles. The van der Waals surface area contributed by atoms with Crippen molar-refractivity contribution < 1.29 is 19.1 Å². The quantitative estimate of drug-likeness (QED) is 0.362. The van der Waals surface area contributed by atoms with Gasteiger partial charge in [0.15, 0.2) is 5.70 Å². The van der Waals surface area contributed by atoms with Gasteiger partial charge in [-0.2, -0.15) is 5.26 Å². The predicted octanol–water partition coefficient (Wildman–Crippen LogP) is 0.367. The maximum Gasteiger partial charge on any atom is 0.415 e. The van der Waals surface area contributed by atoms with Crippen LogP contribution in [0, 0.1) is 11.3 Å². The van der Waals surface area contributed by atoms with Gasteiger partial charge >= 0.3 is 12.1 Å². The molecule has 0 aliphatic carbocycles. The summed E-state index contributed by atoms with van der Waals surface area (Å²) in [7, 11) is 0. The Bertz CT molecular complexity index is 329. The molecule has 1 aliphatic heterocycles. The van der Waals surface area contributed by atoms with Crippen LogP contribution in [-0.2, 0) is 14.3 Å². The largest absolute Gasteiger partial charge is 0.447 e. The number of hydrogen-bond acceptors (Lipinski definition) is 5. The molecule has 0 saturated carbocycles. The lowest BCUT2D eigenvalue weighted by Crippen LogP contribution is -2.23. The molecule has 0 radical (unpaired) electrons. The number of carbonyl (C=O) groups excluding carboxylic acids is 2. The first kappa shape index (κ1) is 10.1. The van der Waals surface area contributed by atoms with Crippen molar-refractivity contribution in [3.05, 3.63) is 12.0 Å². The Kier molecular flexibility index (Phi) is 3.07. The third-order valence-corrected chi connectivity index (χ3v) is 1.50. The van der Waals surface area contributed by atoms with E-state index in [0.717, 1.165) is 11.2 Å². The molecule has 74 valence electrons. The number of rotatable bonds is 2. The molecule has 0 aromatic rings. The molecular formula is C8H8N2O4. The number of esters is 1. The molecule has 0 spiro atoms. The van der Waals surface area contributed by atoms with Gasteiger partial charge in [-0.25, -0.2) is 4.79 Å². The molecule has 0 aromatic carbocycles. The Morgan fingerprint density at radius 2 is 2.50 bits per heavy atom. The van der Waals surface area contributed by atoms with Crippen LogP contribution in [0.3, 0.4) is 0 Å². The van der Waals surface area contributed by atoms with Crippen molar-refractivity contribution in [2.75, 3.05) is 13.2 Å². The van der Waals surface area contributed by atoms with E-state index < -0.39 is 12.1 Å². The van der Waals surface area contributed by atoms with Gasteiger partial charge in [-0.05, 0) is 0 Å². The van der Waals surface area contributed by atoms with Crippen molar-refractivity contribution in [2.45, 2.75) is 6.92 Å². The topological polar surface area (TPSA) is 79.6 Å². The predicted molar refractivity (Wildman–Crippen MR) is 43.5 cm³/mol. The van der Waals surface area contributed by atoms with E-state index >= 15 is 0 Å². The molecule has 6 heteroatoms. The van der Waals surface area contributed by atoms with Crippen LogP contribution in [0.4, 0.5) is 4.79 Å². The normalized spacial score (nSPS) is 16.1. The van der Waals surface area contributed by atoms with Crippen molar-refractivity contribution >= 4 is 12.1 Å². The third kappa shape index (κ3) is 2.23. The number of ether oxygens (including phenoxy) is 2. The van der Waals surface area contributed by atoms with Gasteiger partial charge in [0.2, 0.25) is 0 Å². The zero-order valence-electron chi connectivity index (χ0n) is 7.52. The van der Waals surface area contributed by atoms with Crippen LogP contribution in [0.1, 0.15) is 6.92 Å². The summed E-state index contributed by atoms with van der Waals surface area (Å²) in [5.74, 6) is -0.551. The molecule has 6 nitrogen and oxygen atoms in total. The SMILES string of the molecule is CC(=O)OC=C(C#N)N1CCOC1=O. The first-order valence-corrected chi connectivity index (χ1v) is 3.87. The summed E-state index contributed by atoms with van der Waals surface area (Å²) < 4.78 is 9.09. The number of allylic oxidation sites excluding steroid dienone is 1. The molecule has 0 bridgehead atoms. The summed E-state index contributed by atoms with van der Waals surface area (Å²) in [5, 5.41) is 8.66. The second-order valence-electron chi connectivity index (χ2n) is 2.49. The van der Waals surface area contributed by atoms with Gasteiger partial charge in [-0.3, -0.25) is 9.69 Å². The van der Waals surface area contributed by atoms with E-state index in [1.165, 1.54) is 6.92 Å². The lowest BCUT2D eigenvalue weighted by Gasteiger charge is -2.09. The molecule has 0 unspecified atom stereocenters. The van der Waals surface area contributed by atoms with Crippen molar-refractivity contribution in [1.82, 2.24) is 4.90 Å². The van der Waals surface area contributed by atoms with Crippen molar-refractivity contribution in [3.63, 3.8) is 0 Å². The number of carbonyl (C=O) groups is 2. The molecule has 1 rings (SSSR count). The number of nitrogens with zero attached hydrogens (tertiary/aromatic N) is 2. The minimum atomic E-state index is -0.607. The smallest absolute Gasteiger partial charge is 0.415 e. The highest BCUT2D eigenvalue weighted by Crippen LogP contribution is 2.11. The van der Waals surface area contributed by atoms with Crippen LogP contribution in [0.25, 0.3) is 0 Å². The highest BCUT2D eigenvalue weighted by atomic mass is 16.6. The van der Waals surface area contributed by atoms with Gasteiger partial charge in [0.1, 0.15) is 18.9 Å². The lowest BCUT2D eigenvalue weighted by molar-refractivity contribution is -0.135. The van der Waals surface area contributed by atoms with Crippen LogP contribution < -0.4 is 0 Å². The fourth-order valence-electron chi connectivity index (χ4n) is 0.901. The summed E-state index contributed by atoms with van der Waals surface area (Å²) in [4.78, 5) is 22.5. The van der Waals surface area contributed by atoms with E-state index in [9.17, 15) is 9.59 Å². The van der Waals surface area contributed by atoms with Gasteiger partial charge in [0.25, 0.3) is 0 Å². The Morgan fingerprint density at radius 1 is 1.79 bits per heavy atom. The molecule has 1 aliphatic rings. The van der Waals surface area contributed by atoms with Crippen LogP contribution >= 0.6 is 0 Å². The van der Waals surface area contributed by atoms with Crippen molar-refractivity contribution in [3.8, 4) is 6.07 Å². The number of nitriles is 1. The Labute approximate surface area is 80.3 Å². The van der Waals surface area contributed by atoms with Gasteiger partial charge in [-0.1, -0.05) is 0 Å². The van der Waals surface area contributed by atoms with E-state index in [0.29, 0.717) is 6.54 Å². The van der Waals surface area contributed by atoms with E-state index in [1.807, 2.05) is 0 Å². The zero-order chi connectivity index (χ0) is 10.6. The molecule has 1 fully saturated rings. The van der Waals surface area contributed by atoms with Crippen LogP contribution in [0.15, 0.2) is 12.0 Å². The first-order chi connectivity index (χ1) is 6.65. The molecule has 0 aromatic heterocycles. The second-order valence-corrected chi connectivity index (χ2v) is 2.49. The fraction of sp³-hybridized carbons (Fsp3) is 0.375. The summed E-state index contributed by atoms with van der Waals surface area (Å²) in [6, 6.07) is 1.74. The summed E-state index contributed by atoms with van der Waals surface area (Å²) in [6.45, 7) is 1.73. The molecule has 14 heavy (non-hydrogen) atoms. The minimum absolute atomic E-state index is 0.0392. The number of cyclic esters (lactones) is 1. The lowest BCUT2D eigenvalue weighted by atomic mass is 10.4. The van der Waals surface area contributed by atoms with Crippen molar-refractivity contribution in [1.29, 1.82) is 5.26 Å². The molecule has 0 N–H and O–H groups in total. The summed E-state index contributed by atoms with van der Waals surface area (Å²) >= 11 is 0. The average Bonchev–Trinajstić information content (AvgIpc) is 2.53. The zero-order valence-corrected chi connectivity index (χ0v) is 7.52. The Morgan fingerprint density at radius 3 is 2.93 bits per heavy atom. The number of hydrogen-bond donors (Lipinski definition) is 0. The van der Waals surface area contributed by atoms with Gasteiger partial charge in [0, 0.05) is 6.92 Å².